The first-order chi connectivity index (χ1) is 24.6. The number of aliphatic hydroxyl groups excluding tert-OH is 7. The maximum Gasteiger partial charge on any atom is 0.187 e. The standard InChI is InChI=1S/C39H62O13/c1-18-27-25(51-39(18)13-12-36(3,17-41)52-39)15-24-22-7-6-20-14-21(8-10-37(20,4)23(22)9-11-38(24,27)5)48-35-33(31(45)29(43)26(16-40)49-35)50-34-32(46)30(44)28(42)19(2)47-34/h6,18-19,21-35,40-46H,7-17H2,1-5H3. The summed E-state index contributed by atoms with van der Waals surface area (Å²) in [6.07, 6.45) is -2.75. The Morgan fingerprint density at radius 1 is 0.808 bits per heavy atom. The van der Waals surface area contributed by atoms with Crippen molar-refractivity contribution in [3.63, 3.8) is 0 Å². The highest BCUT2D eigenvalue weighted by Gasteiger charge is 2.70. The summed E-state index contributed by atoms with van der Waals surface area (Å²) in [5.74, 6) is 1.77. The van der Waals surface area contributed by atoms with Crippen LogP contribution >= 0.6 is 0 Å². The molecule has 21 atom stereocenters. The molecule has 3 saturated carbocycles. The molecule has 0 radical (unpaired) electrons. The van der Waals surface area contributed by atoms with Crippen LogP contribution in [0.1, 0.15) is 92.4 Å². The average molecular weight is 739 g/mol. The maximum atomic E-state index is 11.1. The van der Waals surface area contributed by atoms with E-state index in [4.69, 9.17) is 28.4 Å². The molecular formula is C39H62O13. The molecule has 0 amide bonds. The van der Waals surface area contributed by atoms with E-state index in [1.54, 1.807) is 0 Å². The molecule has 52 heavy (non-hydrogen) atoms. The minimum atomic E-state index is -1.62. The van der Waals surface area contributed by atoms with Gasteiger partial charge >= 0.3 is 0 Å². The minimum absolute atomic E-state index is 0.00886. The van der Waals surface area contributed by atoms with Crippen molar-refractivity contribution in [3.05, 3.63) is 11.6 Å². The van der Waals surface area contributed by atoms with Gasteiger partial charge in [-0.3, -0.25) is 0 Å². The third-order valence-corrected chi connectivity index (χ3v) is 15.7. The Balaban J connectivity index is 0.965. The van der Waals surface area contributed by atoms with Crippen LogP contribution in [0.15, 0.2) is 11.6 Å². The minimum Gasteiger partial charge on any atom is -0.394 e. The van der Waals surface area contributed by atoms with E-state index < -0.39 is 79.4 Å². The molecule has 13 heteroatoms. The molecule has 4 aliphatic carbocycles. The monoisotopic (exact) mass is 738 g/mol. The zero-order valence-corrected chi connectivity index (χ0v) is 31.3. The zero-order valence-electron chi connectivity index (χ0n) is 31.3. The lowest BCUT2D eigenvalue weighted by atomic mass is 9.47. The summed E-state index contributed by atoms with van der Waals surface area (Å²) in [6.45, 7) is 10.2. The fourth-order valence-electron chi connectivity index (χ4n) is 12.7. The SMILES string of the molecule is CC1OC(OC2C(OC3CCC4(C)C(=CCC5C4CCC4(C)C5CC5OC6(CCC(C)(CO)O6)C(C)C54)C3)OC(CO)C(O)C2O)C(O)C(O)C1O. The van der Waals surface area contributed by atoms with Crippen molar-refractivity contribution in [1.82, 2.24) is 0 Å². The second-order valence-corrected chi connectivity index (χ2v) is 18.5. The van der Waals surface area contributed by atoms with Crippen LogP contribution in [0.3, 0.4) is 0 Å². The van der Waals surface area contributed by atoms with Crippen LogP contribution in [0.4, 0.5) is 0 Å². The summed E-state index contributed by atoms with van der Waals surface area (Å²) in [5, 5.41) is 72.9. The van der Waals surface area contributed by atoms with E-state index in [-0.39, 0.29) is 35.6 Å². The summed E-state index contributed by atoms with van der Waals surface area (Å²) in [7, 11) is 0. The highest BCUT2D eigenvalue weighted by atomic mass is 16.8. The van der Waals surface area contributed by atoms with Crippen LogP contribution in [0, 0.1) is 40.4 Å². The molecule has 0 aromatic carbocycles. The Hall–Kier alpha value is -0.780. The van der Waals surface area contributed by atoms with Crippen molar-refractivity contribution in [2.75, 3.05) is 13.2 Å². The summed E-state index contributed by atoms with van der Waals surface area (Å²) in [5.41, 5.74) is 1.03. The van der Waals surface area contributed by atoms with Gasteiger partial charge in [0.1, 0.15) is 42.7 Å². The van der Waals surface area contributed by atoms with Gasteiger partial charge in [-0.05, 0) is 99.7 Å². The Bertz CT molecular complexity index is 1360. The van der Waals surface area contributed by atoms with Gasteiger partial charge in [-0.1, -0.05) is 32.4 Å². The largest absolute Gasteiger partial charge is 0.394 e. The van der Waals surface area contributed by atoms with E-state index in [2.05, 4.69) is 26.8 Å². The molecule has 296 valence electrons. The predicted molar refractivity (Wildman–Crippen MR) is 183 cm³/mol. The number of hydrogen-bond acceptors (Lipinski definition) is 13. The Morgan fingerprint density at radius 3 is 2.29 bits per heavy atom. The molecule has 4 aliphatic heterocycles. The Labute approximate surface area is 306 Å². The van der Waals surface area contributed by atoms with Crippen molar-refractivity contribution in [3.8, 4) is 0 Å². The van der Waals surface area contributed by atoms with Gasteiger partial charge in [-0.2, -0.15) is 0 Å². The van der Waals surface area contributed by atoms with Gasteiger partial charge in [0.15, 0.2) is 18.4 Å². The molecule has 7 N–H and O–H groups in total. The van der Waals surface area contributed by atoms with Crippen LogP contribution in [0.5, 0.6) is 0 Å². The molecule has 0 bridgehead atoms. The summed E-state index contributed by atoms with van der Waals surface area (Å²) in [4.78, 5) is 0. The molecule has 0 aromatic rings. The third-order valence-electron chi connectivity index (χ3n) is 15.7. The van der Waals surface area contributed by atoms with Crippen LogP contribution in [0.2, 0.25) is 0 Å². The molecule has 1 spiro atoms. The van der Waals surface area contributed by atoms with Gasteiger partial charge in [0.05, 0.1) is 37.1 Å². The summed E-state index contributed by atoms with van der Waals surface area (Å²) < 4.78 is 37.6. The van der Waals surface area contributed by atoms with E-state index in [1.807, 2.05) is 6.92 Å². The van der Waals surface area contributed by atoms with Gasteiger partial charge in [0.2, 0.25) is 0 Å². The molecule has 8 rings (SSSR count). The molecule has 13 nitrogen and oxygen atoms in total. The lowest BCUT2D eigenvalue weighted by Crippen LogP contribution is -2.64. The van der Waals surface area contributed by atoms with Crippen LogP contribution in [-0.2, 0) is 28.4 Å². The lowest BCUT2D eigenvalue weighted by Gasteiger charge is -2.58. The predicted octanol–water partition coefficient (Wildman–Crippen LogP) is 1.50. The summed E-state index contributed by atoms with van der Waals surface area (Å²) in [6, 6.07) is 0. The normalized spacial score (nSPS) is 58.7. The number of hydrogen-bond donors (Lipinski definition) is 7. The highest BCUT2D eigenvalue weighted by Crippen LogP contribution is 2.71. The van der Waals surface area contributed by atoms with Crippen molar-refractivity contribution < 1.29 is 64.2 Å². The number of fused-ring (bicyclic) bond motifs is 7. The van der Waals surface area contributed by atoms with E-state index >= 15 is 0 Å². The van der Waals surface area contributed by atoms with Gasteiger partial charge in [-0.25, -0.2) is 0 Å². The van der Waals surface area contributed by atoms with Gasteiger partial charge in [0, 0.05) is 12.3 Å². The van der Waals surface area contributed by atoms with Crippen molar-refractivity contribution >= 4 is 0 Å². The first-order valence-corrected chi connectivity index (χ1v) is 19.9. The van der Waals surface area contributed by atoms with Crippen molar-refractivity contribution in [2.24, 2.45) is 40.4 Å². The van der Waals surface area contributed by atoms with E-state index in [0.29, 0.717) is 30.1 Å². The van der Waals surface area contributed by atoms with Gasteiger partial charge in [0.25, 0.3) is 0 Å². The molecule has 21 unspecified atom stereocenters. The highest BCUT2D eigenvalue weighted by molar-refractivity contribution is 5.26. The number of rotatable bonds is 6. The third kappa shape index (κ3) is 5.74. The molecule has 4 heterocycles. The number of ether oxygens (including phenoxy) is 6. The van der Waals surface area contributed by atoms with Crippen LogP contribution in [0.25, 0.3) is 0 Å². The fourth-order valence-corrected chi connectivity index (χ4v) is 12.7. The maximum absolute atomic E-state index is 11.1. The second kappa shape index (κ2) is 13.4. The smallest absolute Gasteiger partial charge is 0.187 e. The van der Waals surface area contributed by atoms with E-state index in [1.165, 1.54) is 12.5 Å². The zero-order chi connectivity index (χ0) is 37.1. The van der Waals surface area contributed by atoms with Crippen molar-refractivity contribution in [2.45, 2.75) is 177 Å². The van der Waals surface area contributed by atoms with E-state index in [0.717, 1.165) is 51.4 Å². The molecular weight excluding hydrogens is 676 g/mol. The first-order valence-electron chi connectivity index (χ1n) is 19.9. The fraction of sp³-hybridized carbons (Fsp3) is 0.949. The Morgan fingerprint density at radius 2 is 1.58 bits per heavy atom. The second-order valence-electron chi connectivity index (χ2n) is 18.5. The average Bonchev–Trinajstić information content (AvgIpc) is 3.72. The van der Waals surface area contributed by atoms with Gasteiger partial charge < -0.3 is 64.2 Å². The molecule has 4 saturated heterocycles. The molecule has 7 fully saturated rings. The van der Waals surface area contributed by atoms with Crippen molar-refractivity contribution in [1.29, 1.82) is 0 Å². The Kier molecular flexibility index (Phi) is 9.83. The topological polar surface area (TPSA) is 197 Å². The van der Waals surface area contributed by atoms with Crippen LogP contribution < -0.4 is 0 Å². The number of aliphatic hydroxyl groups is 7. The quantitative estimate of drug-likeness (QED) is 0.194. The lowest BCUT2D eigenvalue weighted by molar-refractivity contribution is -0.369. The summed E-state index contributed by atoms with van der Waals surface area (Å²) >= 11 is 0. The number of allylic oxidation sites excluding steroid dienone is 1. The molecule has 8 aliphatic rings. The first kappa shape index (κ1) is 38.1. The van der Waals surface area contributed by atoms with E-state index in [9.17, 15) is 35.7 Å². The molecule has 0 aromatic heterocycles. The van der Waals surface area contributed by atoms with Gasteiger partial charge in [-0.15, -0.1) is 0 Å². The van der Waals surface area contributed by atoms with Crippen LogP contribution in [-0.4, -0.2) is 134 Å².